The Morgan fingerprint density at radius 1 is 1.50 bits per heavy atom. The molecule has 1 saturated carbocycles. The first-order valence-electron chi connectivity index (χ1n) is 7.49. The van der Waals surface area contributed by atoms with Crippen LogP contribution >= 0.6 is 0 Å². The maximum Gasteiger partial charge on any atom is 0.236 e. The molecule has 0 aromatic rings. The van der Waals surface area contributed by atoms with Crippen LogP contribution in [-0.4, -0.2) is 21.4 Å². The molecule has 1 N–H and O–H groups in total. The number of hydrogen-bond acceptors (Lipinski definition) is 4. The average Bonchev–Trinajstić information content (AvgIpc) is 2.38. The molecule has 1 fully saturated rings. The summed E-state index contributed by atoms with van der Waals surface area (Å²) in [4.78, 5) is 22.2. The van der Waals surface area contributed by atoms with Crippen LogP contribution in [0.1, 0.15) is 65.2 Å². The Morgan fingerprint density at radius 2 is 2.20 bits per heavy atom. The molecule has 0 spiro atoms. The molecule has 0 saturated heterocycles. The molecule has 0 heterocycles. The van der Waals surface area contributed by atoms with Crippen LogP contribution in [0.3, 0.4) is 0 Å². The molecule has 1 rings (SSSR count). The molecular formula is C15H25NO4. The van der Waals surface area contributed by atoms with E-state index >= 15 is 0 Å². The summed E-state index contributed by atoms with van der Waals surface area (Å²) < 4.78 is 0. The van der Waals surface area contributed by atoms with Crippen molar-refractivity contribution in [2.24, 2.45) is 5.92 Å². The van der Waals surface area contributed by atoms with E-state index in [0.717, 1.165) is 38.3 Å². The molecule has 0 aliphatic heterocycles. The molecular weight excluding hydrogens is 258 g/mol. The number of carbonyl (C=O) groups excluding carboxylic acids is 1. The van der Waals surface area contributed by atoms with Gasteiger partial charge >= 0.3 is 0 Å². The van der Waals surface area contributed by atoms with Crippen LogP contribution in [0.15, 0.2) is 11.8 Å². The summed E-state index contributed by atoms with van der Waals surface area (Å²) in [6.45, 7) is 3.63. The Hall–Kier alpha value is -1.23. The van der Waals surface area contributed by atoms with Gasteiger partial charge in [-0.05, 0) is 26.2 Å². The third kappa shape index (κ3) is 4.13. The predicted octanol–water partition coefficient (Wildman–Crippen LogP) is 3.24. The third-order valence-electron chi connectivity index (χ3n) is 4.27. The van der Waals surface area contributed by atoms with Gasteiger partial charge < -0.3 is 5.11 Å². The minimum absolute atomic E-state index is 0.0475. The maximum atomic E-state index is 12.1. The van der Waals surface area contributed by atoms with Crippen molar-refractivity contribution in [1.29, 1.82) is 0 Å². The molecule has 0 radical (unpaired) electrons. The SMILES string of the molecule is CCCCC[C@](O)(/C(C)=C/[N+](=O)[O-])[C@@H]1CCCCC1=O. The van der Waals surface area contributed by atoms with Crippen molar-refractivity contribution in [3.63, 3.8) is 0 Å². The Labute approximate surface area is 120 Å². The van der Waals surface area contributed by atoms with E-state index in [4.69, 9.17) is 0 Å². The van der Waals surface area contributed by atoms with Crippen LogP contribution in [0.25, 0.3) is 0 Å². The Bertz CT molecular complexity index is 391. The summed E-state index contributed by atoms with van der Waals surface area (Å²) in [6.07, 6.45) is 6.88. The number of ketones is 1. The second-order valence-corrected chi connectivity index (χ2v) is 5.74. The number of aliphatic hydroxyl groups is 1. The van der Waals surface area contributed by atoms with Crippen molar-refractivity contribution in [2.75, 3.05) is 0 Å². The van der Waals surface area contributed by atoms with E-state index in [9.17, 15) is 20.0 Å². The number of nitrogens with zero attached hydrogens (tertiary/aromatic N) is 1. The minimum Gasteiger partial charge on any atom is -0.385 e. The van der Waals surface area contributed by atoms with Crippen molar-refractivity contribution < 1.29 is 14.8 Å². The lowest BCUT2D eigenvalue weighted by molar-refractivity contribution is -0.404. The molecule has 0 aromatic carbocycles. The van der Waals surface area contributed by atoms with E-state index in [2.05, 4.69) is 6.92 Å². The standard InChI is InChI=1S/C15H25NO4/c1-3-4-7-10-15(18,12(2)11-16(19)20)13-8-5-6-9-14(13)17/h11,13,18H,3-10H2,1-2H3/b12-11+/t13-,15+/m1/s1. The molecule has 1 aliphatic carbocycles. The van der Waals surface area contributed by atoms with Crippen molar-refractivity contribution >= 4 is 5.78 Å². The van der Waals surface area contributed by atoms with E-state index in [1.165, 1.54) is 0 Å². The maximum absolute atomic E-state index is 12.1. The number of hydrogen-bond donors (Lipinski definition) is 1. The van der Waals surface area contributed by atoms with Crippen LogP contribution in [0.4, 0.5) is 0 Å². The van der Waals surface area contributed by atoms with Gasteiger partial charge in [-0.3, -0.25) is 14.9 Å². The van der Waals surface area contributed by atoms with Crippen LogP contribution in [0, 0.1) is 16.0 Å². The molecule has 0 bridgehead atoms. The second kappa shape index (κ2) is 7.53. The number of Topliss-reactive ketones (excluding diaryl/α,β-unsaturated/α-hetero) is 1. The highest BCUT2D eigenvalue weighted by Gasteiger charge is 2.43. The lowest BCUT2D eigenvalue weighted by atomic mass is 9.70. The normalized spacial score (nSPS) is 23.4. The lowest BCUT2D eigenvalue weighted by Crippen LogP contribution is -2.45. The third-order valence-corrected chi connectivity index (χ3v) is 4.27. The van der Waals surface area contributed by atoms with Gasteiger partial charge in [0.25, 0.3) is 0 Å². The van der Waals surface area contributed by atoms with Gasteiger partial charge in [-0.1, -0.05) is 32.6 Å². The first-order chi connectivity index (χ1) is 9.41. The minimum atomic E-state index is -1.35. The van der Waals surface area contributed by atoms with Gasteiger partial charge in [0.05, 0.1) is 10.8 Å². The molecule has 2 atom stereocenters. The van der Waals surface area contributed by atoms with Crippen LogP contribution < -0.4 is 0 Å². The van der Waals surface area contributed by atoms with E-state index in [1.54, 1.807) is 6.92 Å². The summed E-state index contributed by atoms with van der Waals surface area (Å²) in [7, 11) is 0. The van der Waals surface area contributed by atoms with Crippen LogP contribution in [-0.2, 0) is 4.79 Å². The molecule has 0 amide bonds. The molecule has 20 heavy (non-hydrogen) atoms. The summed E-state index contributed by atoms with van der Waals surface area (Å²) in [6, 6.07) is 0. The second-order valence-electron chi connectivity index (χ2n) is 5.74. The van der Waals surface area contributed by atoms with Crippen LogP contribution in [0.5, 0.6) is 0 Å². The van der Waals surface area contributed by atoms with Gasteiger partial charge in [0, 0.05) is 12.0 Å². The first kappa shape index (κ1) is 16.8. The molecule has 0 unspecified atom stereocenters. The molecule has 5 nitrogen and oxygen atoms in total. The fraction of sp³-hybridized carbons (Fsp3) is 0.800. The quantitative estimate of drug-likeness (QED) is 0.442. The first-order valence-corrected chi connectivity index (χ1v) is 7.49. The molecule has 5 heteroatoms. The molecule has 0 aromatic heterocycles. The number of unbranched alkanes of at least 4 members (excludes halogenated alkanes) is 2. The predicted molar refractivity (Wildman–Crippen MR) is 76.8 cm³/mol. The summed E-state index contributed by atoms with van der Waals surface area (Å²) in [5.74, 6) is -0.435. The van der Waals surface area contributed by atoms with Crippen molar-refractivity contribution in [2.45, 2.75) is 70.8 Å². The zero-order valence-electron chi connectivity index (χ0n) is 12.4. The van der Waals surface area contributed by atoms with Gasteiger partial charge in [-0.2, -0.15) is 0 Å². The zero-order valence-corrected chi connectivity index (χ0v) is 12.4. The topological polar surface area (TPSA) is 80.4 Å². The Morgan fingerprint density at radius 3 is 2.75 bits per heavy atom. The lowest BCUT2D eigenvalue weighted by Gasteiger charge is -2.37. The van der Waals surface area contributed by atoms with E-state index in [-0.39, 0.29) is 5.78 Å². The Balaban J connectivity index is 2.98. The fourth-order valence-electron chi connectivity index (χ4n) is 3.05. The largest absolute Gasteiger partial charge is 0.385 e. The van der Waals surface area contributed by atoms with Gasteiger partial charge in [-0.15, -0.1) is 0 Å². The van der Waals surface area contributed by atoms with Crippen molar-refractivity contribution in [3.8, 4) is 0 Å². The van der Waals surface area contributed by atoms with E-state index in [0.29, 0.717) is 24.8 Å². The van der Waals surface area contributed by atoms with Gasteiger partial charge in [-0.25, -0.2) is 0 Å². The molecule has 1 aliphatic rings. The number of rotatable bonds is 7. The van der Waals surface area contributed by atoms with Gasteiger partial charge in [0.1, 0.15) is 11.4 Å². The van der Waals surface area contributed by atoms with Gasteiger partial charge in [0.15, 0.2) is 0 Å². The van der Waals surface area contributed by atoms with Crippen molar-refractivity contribution in [1.82, 2.24) is 0 Å². The van der Waals surface area contributed by atoms with Crippen LogP contribution in [0.2, 0.25) is 0 Å². The smallest absolute Gasteiger partial charge is 0.236 e. The summed E-state index contributed by atoms with van der Waals surface area (Å²) >= 11 is 0. The van der Waals surface area contributed by atoms with E-state index < -0.39 is 16.4 Å². The van der Waals surface area contributed by atoms with Crippen molar-refractivity contribution in [3.05, 3.63) is 21.9 Å². The van der Waals surface area contributed by atoms with E-state index in [1.807, 2.05) is 0 Å². The Kier molecular flexibility index (Phi) is 6.33. The number of nitro groups is 1. The van der Waals surface area contributed by atoms with Gasteiger partial charge in [0.2, 0.25) is 6.20 Å². The number of carbonyl (C=O) groups is 1. The summed E-state index contributed by atoms with van der Waals surface area (Å²) in [5.41, 5.74) is -1.04. The highest BCUT2D eigenvalue weighted by atomic mass is 16.6. The summed E-state index contributed by atoms with van der Waals surface area (Å²) in [5, 5.41) is 21.6. The average molecular weight is 283 g/mol. The highest BCUT2D eigenvalue weighted by Crippen LogP contribution is 2.38. The highest BCUT2D eigenvalue weighted by molar-refractivity contribution is 5.83. The fourth-order valence-corrected chi connectivity index (χ4v) is 3.05. The monoisotopic (exact) mass is 283 g/mol. The zero-order chi connectivity index (χ0) is 15.2. The molecule has 114 valence electrons.